The van der Waals surface area contributed by atoms with Crippen LogP contribution < -0.4 is 9.62 Å². The first-order chi connectivity index (χ1) is 18.1. The Morgan fingerprint density at radius 1 is 0.921 bits per heavy atom. The molecule has 0 heterocycles. The molecule has 1 N–H and O–H groups in total. The third-order valence-corrected chi connectivity index (χ3v) is 8.64. The molecule has 0 saturated carbocycles. The third kappa shape index (κ3) is 6.55. The first-order valence-corrected chi connectivity index (χ1v) is 14.4. The van der Waals surface area contributed by atoms with Crippen LogP contribution in [-0.2, 0) is 26.2 Å². The number of nitrogens with zero attached hydrogens (tertiary/aromatic N) is 2. The fraction of sp³-hybridized carbons (Fsp3) is 0.310. The van der Waals surface area contributed by atoms with E-state index in [0.29, 0.717) is 29.2 Å². The lowest BCUT2D eigenvalue weighted by molar-refractivity contribution is -0.140. The molecule has 0 radical (unpaired) electrons. The number of benzene rings is 3. The molecule has 3 rings (SSSR count). The highest BCUT2D eigenvalue weighted by atomic mass is 35.5. The van der Waals surface area contributed by atoms with Gasteiger partial charge in [0.2, 0.25) is 11.8 Å². The number of sulfonamides is 1. The topological polar surface area (TPSA) is 86.8 Å². The van der Waals surface area contributed by atoms with Gasteiger partial charge in [0.05, 0.1) is 10.6 Å². The van der Waals surface area contributed by atoms with Crippen LogP contribution in [0.1, 0.15) is 37.0 Å². The van der Waals surface area contributed by atoms with Crippen molar-refractivity contribution in [1.82, 2.24) is 10.2 Å². The highest BCUT2D eigenvalue weighted by Crippen LogP contribution is 2.31. The van der Waals surface area contributed by atoms with Crippen LogP contribution in [0.3, 0.4) is 0 Å². The monoisotopic (exact) mass is 555 g/mol. The van der Waals surface area contributed by atoms with E-state index in [9.17, 15) is 18.0 Å². The number of halogens is 1. The van der Waals surface area contributed by atoms with E-state index >= 15 is 0 Å². The number of carbonyl (C=O) groups excluding carboxylic acids is 2. The van der Waals surface area contributed by atoms with Crippen molar-refractivity contribution in [2.75, 3.05) is 17.4 Å². The molecule has 7 nitrogen and oxygen atoms in total. The van der Waals surface area contributed by atoms with Crippen LogP contribution in [0, 0.1) is 13.8 Å². The smallest absolute Gasteiger partial charge is 0.264 e. The molecule has 0 spiro atoms. The van der Waals surface area contributed by atoms with Crippen molar-refractivity contribution in [2.45, 2.75) is 51.6 Å². The Balaban J connectivity index is 2.11. The van der Waals surface area contributed by atoms with E-state index in [-0.39, 0.29) is 17.3 Å². The zero-order chi connectivity index (χ0) is 27.9. The predicted octanol–water partition coefficient (Wildman–Crippen LogP) is 5.10. The number of carbonyl (C=O) groups is 2. The third-order valence-electron chi connectivity index (χ3n) is 6.46. The first kappa shape index (κ1) is 29.2. The summed E-state index contributed by atoms with van der Waals surface area (Å²) in [5.74, 6) is -0.779. The van der Waals surface area contributed by atoms with Gasteiger partial charge in [0.1, 0.15) is 12.6 Å². The summed E-state index contributed by atoms with van der Waals surface area (Å²) in [5.41, 5.74) is 2.68. The molecule has 38 heavy (non-hydrogen) atoms. The van der Waals surface area contributed by atoms with Crippen molar-refractivity contribution < 1.29 is 18.0 Å². The molecule has 0 aliphatic carbocycles. The molecule has 0 bridgehead atoms. The van der Waals surface area contributed by atoms with Crippen LogP contribution in [0.4, 0.5) is 5.69 Å². The van der Waals surface area contributed by atoms with E-state index in [0.717, 1.165) is 15.4 Å². The largest absolute Gasteiger partial charge is 0.355 e. The van der Waals surface area contributed by atoms with Gasteiger partial charge in [-0.15, -0.1) is 0 Å². The molecule has 9 heteroatoms. The van der Waals surface area contributed by atoms with E-state index in [4.69, 9.17) is 11.6 Å². The summed E-state index contributed by atoms with van der Waals surface area (Å²) in [6.45, 7) is 7.37. The van der Waals surface area contributed by atoms with Crippen molar-refractivity contribution >= 4 is 39.1 Å². The quantitative estimate of drug-likeness (QED) is 0.357. The zero-order valence-electron chi connectivity index (χ0n) is 22.1. The number of nitrogens with one attached hydrogen (secondary N) is 1. The second kappa shape index (κ2) is 12.9. The Morgan fingerprint density at radius 3 is 2.21 bits per heavy atom. The van der Waals surface area contributed by atoms with Gasteiger partial charge >= 0.3 is 0 Å². The van der Waals surface area contributed by atoms with E-state index in [1.54, 1.807) is 43.3 Å². The molecule has 3 aromatic carbocycles. The lowest BCUT2D eigenvalue weighted by atomic mass is 10.1. The van der Waals surface area contributed by atoms with E-state index < -0.39 is 28.5 Å². The lowest BCUT2D eigenvalue weighted by Crippen LogP contribution is -2.52. The summed E-state index contributed by atoms with van der Waals surface area (Å²) in [6, 6.07) is 19.7. The van der Waals surface area contributed by atoms with Gasteiger partial charge in [0.15, 0.2) is 0 Å². The lowest BCUT2D eigenvalue weighted by Gasteiger charge is -2.34. The Kier molecular flexibility index (Phi) is 9.94. The predicted molar refractivity (Wildman–Crippen MR) is 152 cm³/mol. The van der Waals surface area contributed by atoms with Crippen molar-refractivity contribution in [3.05, 3.63) is 94.5 Å². The second-order valence-corrected chi connectivity index (χ2v) is 11.2. The van der Waals surface area contributed by atoms with Crippen LogP contribution in [0.25, 0.3) is 0 Å². The average Bonchev–Trinajstić information content (AvgIpc) is 2.90. The first-order valence-electron chi connectivity index (χ1n) is 12.6. The van der Waals surface area contributed by atoms with Crippen molar-refractivity contribution in [3.63, 3.8) is 0 Å². The highest BCUT2D eigenvalue weighted by Gasteiger charge is 2.34. The van der Waals surface area contributed by atoms with Crippen LogP contribution in [-0.4, -0.2) is 44.3 Å². The van der Waals surface area contributed by atoms with Crippen molar-refractivity contribution in [1.29, 1.82) is 0 Å². The summed E-state index contributed by atoms with van der Waals surface area (Å²) in [5, 5.41) is 3.19. The maximum atomic E-state index is 14.0. The maximum Gasteiger partial charge on any atom is 0.264 e. The molecular weight excluding hydrogens is 522 g/mol. The van der Waals surface area contributed by atoms with Gasteiger partial charge in [-0.1, -0.05) is 67.1 Å². The van der Waals surface area contributed by atoms with Gasteiger partial charge in [-0.3, -0.25) is 13.9 Å². The fourth-order valence-corrected chi connectivity index (χ4v) is 5.94. The molecule has 3 aromatic rings. The van der Waals surface area contributed by atoms with E-state index in [1.807, 2.05) is 45.0 Å². The molecule has 2 amide bonds. The van der Waals surface area contributed by atoms with Crippen LogP contribution in [0.5, 0.6) is 0 Å². The van der Waals surface area contributed by atoms with Gasteiger partial charge in [0.25, 0.3) is 10.0 Å². The molecule has 202 valence electrons. The average molecular weight is 556 g/mol. The van der Waals surface area contributed by atoms with Gasteiger partial charge in [-0.25, -0.2) is 8.42 Å². The minimum atomic E-state index is -4.14. The summed E-state index contributed by atoms with van der Waals surface area (Å²) in [6.07, 6.45) is 0.366. The van der Waals surface area contributed by atoms with Gasteiger partial charge in [-0.2, -0.15) is 0 Å². The molecule has 0 fully saturated rings. The molecule has 0 aromatic heterocycles. The van der Waals surface area contributed by atoms with Crippen LogP contribution in [0.15, 0.2) is 77.7 Å². The minimum Gasteiger partial charge on any atom is -0.355 e. The highest BCUT2D eigenvalue weighted by molar-refractivity contribution is 7.92. The summed E-state index contributed by atoms with van der Waals surface area (Å²) >= 11 is 6.36. The van der Waals surface area contributed by atoms with E-state index in [1.165, 1.54) is 17.0 Å². The fourth-order valence-electron chi connectivity index (χ4n) is 4.28. The Bertz CT molecular complexity index is 1380. The number of rotatable bonds is 11. The molecule has 0 aliphatic heterocycles. The molecule has 1 atom stereocenters. The standard InChI is InChI=1S/C29H34ClN3O4S/c1-5-26(29(35)31-6-2)32(19-23-14-11-10-13-21(23)3)28(34)20-33(27-18-12-17-25(30)22(27)4)38(36,37)24-15-8-7-9-16-24/h7-18,26H,5-6,19-20H2,1-4H3,(H,31,35)/t26-/m1/s1. The molecule has 0 saturated heterocycles. The van der Waals surface area contributed by atoms with Crippen LogP contribution >= 0.6 is 11.6 Å². The number of amides is 2. The molecule has 0 aliphatic rings. The second-order valence-electron chi connectivity index (χ2n) is 8.98. The number of likely N-dealkylation sites (N-methyl/N-ethyl adjacent to an activating group) is 1. The van der Waals surface area contributed by atoms with Crippen molar-refractivity contribution in [2.24, 2.45) is 0 Å². The Hall–Kier alpha value is -3.36. The van der Waals surface area contributed by atoms with Gasteiger partial charge in [-0.05, 0) is 68.1 Å². The maximum absolute atomic E-state index is 14.0. The van der Waals surface area contributed by atoms with Gasteiger partial charge in [0, 0.05) is 18.1 Å². The summed E-state index contributed by atoms with van der Waals surface area (Å²) in [7, 11) is -4.14. The molecule has 0 unspecified atom stereocenters. The summed E-state index contributed by atoms with van der Waals surface area (Å²) in [4.78, 5) is 28.6. The number of hydrogen-bond acceptors (Lipinski definition) is 4. The normalized spacial score (nSPS) is 12.0. The SMILES string of the molecule is CCNC(=O)[C@@H](CC)N(Cc1ccccc1C)C(=O)CN(c1cccc(Cl)c1C)S(=O)(=O)c1ccccc1. The summed E-state index contributed by atoms with van der Waals surface area (Å²) < 4.78 is 28.8. The zero-order valence-corrected chi connectivity index (χ0v) is 23.7. The Labute approximate surface area is 230 Å². The minimum absolute atomic E-state index is 0.0494. The van der Waals surface area contributed by atoms with E-state index in [2.05, 4.69) is 5.32 Å². The number of hydrogen-bond donors (Lipinski definition) is 1. The van der Waals surface area contributed by atoms with Crippen LogP contribution in [0.2, 0.25) is 5.02 Å². The Morgan fingerprint density at radius 2 is 1.58 bits per heavy atom. The molecular formula is C29H34ClN3O4S. The number of aryl methyl sites for hydroxylation is 1. The van der Waals surface area contributed by atoms with Crippen molar-refractivity contribution in [3.8, 4) is 0 Å². The van der Waals surface area contributed by atoms with Gasteiger partial charge < -0.3 is 10.2 Å². The number of anilines is 1.